The summed E-state index contributed by atoms with van der Waals surface area (Å²) < 4.78 is 37.5. The van der Waals surface area contributed by atoms with Gasteiger partial charge in [-0.15, -0.1) is 0 Å². The molecule has 1 N–H and O–H groups in total. The average molecular weight is 266 g/mol. The van der Waals surface area contributed by atoms with Crippen LogP contribution in [-0.4, -0.2) is 43.3 Å². The van der Waals surface area contributed by atoms with Crippen LogP contribution >= 0.6 is 0 Å². The molecule has 0 amide bonds. The van der Waals surface area contributed by atoms with Gasteiger partial charge in [-0.3, -0.25) is 4.90 Å². The fourth-order valence-corrected chi connectivity index (χ4v) is 2.99. The highest BCUT2D eigenvalue weighted by Crippen LogP contribution is 2.31. The molecular weight excluding hydrogens is 241 g/mol. The van der Waals surface area contributed by atoms with E-state index in [1.54, 1.807) is 7.05 Å². The number of likely N-dealkylation sites (N-methyl/N-ethyl adjacent to an activating group) is 2. The van der Waals surface area contributed by atoms with Gasteiger partial charge in [-0.2, -0.15) is 13.2 Å². The van der Waals surface area contributed by atoms with Gasteiger partial charge in [0.15, 0.2) is 0 Å². The van der Waals surface area contributed by atoms with Crippen molar-refractivity contribution in [1.82, 2.24) is 10.2 Å². The van der Waals surface area contributed by atoms with E-state index in [9.17, 15) is 13.2 Å². The Kier molecular flexibility index (Phi) is 5.92. The molecule has 0 bridgehead atoms. The molecule has 108 valence electrons. The van der Waals surface area contributed by atoms with Gasteiger partial charge >= 0.3 is 6.18 Å². The van der Waals surface area contributed by atoms with E-state index in [1.165, 1.54) is 4.90 Å². The summed E-state index contributed by atoms with van der Waals surface area (Å²) in [5, 5.41) is 3.34. The van der Waals surface area contributed by atoms with Gasteiger partial charge in [0.25, 0.3) is 0 Å². The molecule has 1 rings (SSSR count). The first-order valence-corrected chi connectivity index (χ1v) is 6.87. The highest BCUT2D eigenvalue weighted by atomic mass is 19.4. The lowest BCUT2D eigenvalue weighted by molar-refractivity contribution is -0.150. The Hall–Kier alpha value is -0.290. The van der Waals surface area contributed by atoms with E-state index in [-0.39, 0.29) is 12.1 Å². The van der Waals surface area contributed by atoms with Crippen LogP contribution in [0, 0.1) is 5.92 Å². The maximum Gasteiger partial charge on any atom is 0.401 e. The van der Waals surface area contributed by atoms with E-state index in [4.69, 9.17) is 0 Å². The van der Waals surface area contributed by atoms with Gasteiger partial charge in [0.2, 0.25) is 0 Å². The predicted molar refractivity (Wildman–Crippen MR) is 67.6 cm³/mol. The third kappa shape index (κ3) is 4.76. The first-order chi connectivity index (χ1) is 8.37. The normalized spacial score (nSPS) is 29.8. The molecule has 0 aromatic rings. The molecule has 0 aromatic carbocycles. The summed E-state index contributed by atoms with van der Waals surface area (Å²) in [5.74, 6) is 0.570. The van der Waals surface area contributed by atoms with Gasteiger partial charge in [-0.25, -0.2) is 0 Å². The quantitative estimate of drug-likeness (QED) is 0.823. The fraction of sp³-hybridized carbons (Fsp3) is 1.00. The molecule has 0 aromatic heterocycles. The third-order valence-electron chi connectivity index (χ3n) is 3.96. The second kappa shape index (κ2) is 6.75. The zero-order valence-electron chi connectivity index (χ0n) is 11.6. The molecule has 2 nitrogen and oxygen atoms in total. The first kappa shape index (κ1) is 15.8. The van der Waals surface area contributed by atoms with Gasteiger partial charge in [0.05, 0.1) is 6.54 Å². The van der Waals surface area contributed by atoms with Gasteiger partial charge in [0.1, 0.15) is 0 Å². The number of rotatable bonds is 5. The van der Waals surface area contributed by atoms with E-state index < -0.39 is 12.7 Å². The van der Waals surface area contributed by atoms with Crippen LogP contribution in [0.4, 0.5) is 13.2 Å². The van der Waals surface area contributed by atoms with E-state index in [0.717, 1.165) is 32.2 Å². The number of nitrogens with one attached hydrogen (secondary N) is 1. The molecule has 1 saturated carbocycles. The van der Waals surface area contributed by atoms with Crippen LogP contribution in [0.5, 0.6) is 0 Å². The summed E-state index contributed by atoms with van der Waals surface area (Å²) in [7, 11) is 1.60. The number of nitrogens with zero attached hydrogens (tertiary/aromatic N) is 1. The van der Waals surface area contributed by atoms with Crippen molar-refractivity contribution in [1.29, 1.82) is 0 Å². The Bertz CT molecular complexity index is 243. The number of hydrogen-bond acceptors (Lipinski definition) is 2. The van der Waals surface area contributed by atoms with E-state index in [0.29, 0.717) is 5.92 Å². The lowest BCUT2D eigenvalue weighted by Gasteiger charge is -2.41. The monoisotopic (exact) mass is 266 g/mol. The molecule has 0 heterocycles. The summed E-state index contributed by atoms with van der Waals surface area (Å²) in [4.78, 5) is 1.48. The number of hydrogen-bond donors (Lipinski definition) is 1. The average Bonchev–Trinajstić information content (AvgIpc) is 2.27. The number of halogens is 3. The van der Waals surface area contributed by atoms with Crippen molar-refractivity contribution in [2.45, 2.75) is 57.8 Å². The smallest absolute Gasteiger partial charge is 0.313 e. The summed E-state index contributed by atoms with van der Waals surface area (Å²) in [6, 6.07) is 0.204. The lowest BCUT2D eigenvalue weighted by Crippen LogP contribution is -2.53. The highest BCUT2D eigenvalue weighted by Gasteiger charge is 2.37. The van der Waals surface area contributed by atoms with Crippen molar-refractivity contribution >= 4 is 0 Å². The zero-order valence-corrected chi connectivity index (χ0v) is 11.6. The predicted octanol–water partition coefficient (Wildman–Crippen LogP) is 3.04. The maximum atomic E-state index is 12.5. The third-order valence-corrected chi connectivity index (χ3v) is 3.96. The van der Waals surface area contributed by atoms with Gasteiger partial charge < -0.3 is 5.32 Å². The molecule has 1 aliphatic rings. The summed E-state index contributed by atoms with van der Waals surface area (Å²) in [5.41, 5.74) is 0. The molecule has 3 atom stereocenters. The topological polar surface area (TPSA) is 15.3 Å². The molecule has 0 aliphatic heterocycles. The minimum atomic E-state index is -4.11. The Morgan fingerprint density at radius 1 is 1.22 bits per heavy atom. The van der Waals surface area contributed by atoms with E-state index in [1.807, 2.05) is 6.92 Å². The minimum absolute atomic E-state index is 0.00488. The lowest BCUT2D eigenvalue weighted by atomic mass is 9.80. The molecule has 0 radical (unpaired) electrons. The SMILES string of the molecule is CCNC1CCC(CC)CC1N(C)CC(F)(F)F. The first-order valence-electron chi connectivity index (χ1n) is 6.87. The van der Waals surface area contributed by atoms with Gasteiger partial charge in [-0.05, 0) is 38.8 Å². The zero-order chi connectivity index (χ0) is 13.8. The molecule has 1 fully saturated rings. The molecule has 0 spiro atoms. The van der Waals surface area contributed by atoms with E-state index >= 15 is 0 Å². The Morgan fingerprint density at radius 3 is 2.39 bits per heavy atom. The Labute approximate surface area is 108 Å². The van der Waals surface area contributed by atoms with Gasteiger partial charge in [-0.1, -0.05) is 20.3 Å². The molecule has 1 aliphatic carbocycles. The van der Waals surface area contributed by atoms with Crippen LogP contribution in [0.1, 0.15) is 39.5 Å². The van der Waals surface area contributed by atoms with Crippen molar-refractivity contribution in [3.05, 3.63) is 0 Å². The van der Waals surface area contributed by atoms with Crippen molar-refractivity contribution in [2.24, 2.45) is 5.92 Å². The Balaban J connectivity index is 2.64. The number of alkyl halides is 3. The molecular formula is C13H25F3N2. The standard InChI is InChI=1S/C13H25F3N2/c1-4-10-6-7-11(17-5-2)12(8-10)18(3)9-13(14,15)16/h10-12,17H,4-9H2,1-3H3. The van der Waals surface area contributed by atoms with Crippen molar-refractivity contribution in [3.8, 4) is 0 Å². The van der Waals surface area contributed by atoms with Crippen molar-refractivity contribution < 1.29 is 13.2 Å². The van der Waals surface area contributed by atoms with Crippen LogP contribution in [0.2, 0.25) is 0 Å². The fourth-order valence-electron chi connectivity index (χ4n) is 2.99. The van der Waals surface area contributed by atoms with Gasteiger partial charge in [0, 0.05) is 12.1 Å². The second-order valence-electron chi connectivity index (χ2n) is 5.35. The Morgan fingerprint density at radius 2 is 1.89 bits per heavy atom. The highest BCUT2D eigenvalue weighted by molar-refractivity contribution is 4.90. The van der Waals surface area contributed by atoms with Crippen molar-refractivity contribution in [3.63, 3.8) is 0 Å². The summed E-state index contributed by atoms with van der Waals surface area (Å²) in [6.07, 6.45) is -0.0512. The van der Waals surface area contributed by atoms with Crippen LogP contribution < -0.4 is 5.32 Å². The largest absolute Gasteiger partial charge is 0.401 e. The van der Waals surface area contributed by atoms with Crippen LogP contribution in [-0.2, 0) is 0 Å². The molecule has 5 heteroatoms. The molecule has 3 unspecified atom stereocenters. The van der Waals surface area contributed by atoms with Crippen molar-refractivity contribution in [2.75, 3.05) is 20.1 Å². The molecule has 0 saturated heterocycles. The summed E-state index contributed by atoms with van der Waals surface area (Å²) in [6.45, 7) is 4.14. The maximum absolute atomic E-state index is 12.5. The second-order valence-corrected chi connectivity index (χ2v) is 5.35. The molecule has 18 heavy (non-hydrogen) atoms. The minimum Gasteiger partial charge on any atom is -0.313 e. The van der Waals surface area contributed by atoms with Crippen LogP contribution in [0.3, 0.4) is 0 Å². The van der Waals surface area contributed by atoms with Crippen LogP contribution in [0.15, 0.2) is 0 Å². The van der Waals surface area contributed by atoms with E-state index in [2.05, 4.69) is 12.2 Å². The summed E-state index contributed by atoms with van der Waals surface area (Å²) >= 11 is 0. The van der Waals surface area contributed by atoms with Crippen LogP contribution in [0.25, 0.3) is 0 Å².